The van der Waals surface area contributed by atoms with Crippen LogP contribution in [-0.4, -0.2) is 148 Å². The first-order valence-electron chi connectivity index (χ1n) is 27.0. The van der Waals surface area contributed by atoms with Crippen molar-refractivity contribution in [2.75, 3.05) is 36.4 Å². The minimum atomic E-state index is -5.42. The zero-order valence-electron chi connectivity index (χ0n) is 49.1. The van der Waals surface area contributed by atoms with Gasteiger partial charge in [-0.25, -0.2) is 35.2 Å². The van der Waals surface area contributed by atoms with Crippen LogP contribution in [0.15, 0.2) is 87.5 Å². The number of rotatable bonds is 7. The zero-order chi connectivity index (χ0) is 64.5. The van der Waals surface area contributed by atoms with E-state index in [2.05, 4.69) is 127 Å². The number of benzene rings is 3. The van der Waals surface area contributed by atoms with Gasteiger partial charge in [-0.15, -0.1) is 16.2 Å². The van der Waals surface area contributed by atoms with E-state index in [0.29, 0.717) is 47.9 Å². The van der Waals surface area contributed by atoms with Crippen LogP contribution in [0.4, 0.5) is 16.6 Å². The van der Waals surface area contributed by atoms with Crippen molar-refractivity contribution in [1.29, 1.82) is 0 Å². The molecule has 3 aromatic carbocycles. The Hall–Kier alpha value is -1.20. The Kier molecular flexibility index (Phi) is 33.5. The maximum atomic E-state index is 12.0. The predicted octanol–water partition coefficient (Wildman–Crippen LogP) is 2.47. The van der Waals surface area contributed by atoms with Crippen LogP contribution in [0, 0.1) is 18.8 Å². The molecule has 2 N–H and O–H groups in total. The summed E-state index contributed by atoms with van der Waals surface area (Å²) in [6.07, 6.45) is 6.10. The van der Waals surface area contributed by atoms with Crippen LogP contribution in [0.5, 0.6) is 0 Å². The van der Waals surface area contributed by atoms with E-state index in [-0.39, 0.29) is 93.5 Å². The minimum Gasteiger partial charge on any atom is -0.722 e. The van der Waals surface area contributed by atoms with Crippen LogP contribution in [-0.2, 0) is 111 Å². The van der Waals surface area contributed by atoms with E-state index in [0.717, 1.165) is 5.56 Å². The molecule has 486 valence electrons. The van der Waals surface area contributed by atoms with Crippen molar-refractivity contribution in [3.05, 3.63) is 89.5 Å². The number of ether oxygens (including phenoxy) is 6. The molecule has 0 aliphatic carbocycles. The molecule has 8 aliphatic heterocycles. The molecule has 0 radical (unpaired) electrons. The average Bonchev–Trinajstić information content (AvgIpc) is 1.61. The van der Waals surface area contributed by atoms with E-state index in [9.17, 15) is 44.1 Å². The molecular formula is C55H73F4I3NaO19S5+. The molecule has 0 aromatic heterocycles. The number of aryl methyl sites for hydroxylation is 1. The van der Waals surface area contributed by atoms with Gasteiger partial charge < -0.3 is 42.1 Å². The van der Waals surface area contributed by atoms with Crippen LogP contribution in [0.25, 0.3) is 0 Å². The van der Waals surface area contributed by atoms with Gasteiger partial charge in [-0.3, -0.25) is 9.59 Å². The van der Waals surface area contributed by atoms with Gasteiger partial charge in [-0.2, -0.15) is 0 Å². The summed E-state index contributed by atoms with van der Waals surface area (Å²) in [6.45, 7) is 13.2. The molecule has 8 heterocycles. The van der Waals surface area contributed by atoms with Gasteiger partial charge in [0.2, 0.25) is 0 Å². The summed E-state index contributed by atoms with van der Waals surface area (Å²) in [5.41, 5.74) is 4.47. The summed E-state index contributed by atoms with van der Waals surface area (Å²) in [5.74, 6) is 2.79. The summed E-state index contributed by atoms with van der Waals surface area (Å²) < 4.78 is 153. The predicted molar refractivity (Wildman–Crippen MR) is 325 cm³/mol. The second-order valence-corrected chi connectivity index (χ2v) is 46.4. The first-order chi connectivity index (χ1) is 40.0. The average molecular weight is 1680 g/mol. The SMILES string of the molecule is CC(C)(C)c1ccc([S+]2CCCCC2)cc1.CC(C)(C)c1ccc([S+]2CCCCC2)cc1.Cc1ccc(S(=O)(=O)[OH2+])cc1.I[I-]I.O=C(CF)OC1C2CC3C(=O)OC1C3O2.O=C(CF)OC1C2CC3C(=O)OC1C3O2.O=S(=O)([O-])F.O=S(=O)([O-])F.[Na+]. The molecule has 3 aromatic rings. The molecular weight excluding hydrogens is 1600 g/mol. The molecule has 87 heavy (non-hydrogen) atoms. The Labute approximate surface area is 565 Å². The van der Waals surface area contributed by atoms with Gasteiger partial charge in [-0.05, 0) is 117 Å². The topological polar surface area (TPSA) is 295 Å². The Morgan fingerprint density at radius 1 is 0.598 bits per heavy atom. The van der Waals surface area contributed by atoms with Gasteiger partial charge in [0.15, 0.2) is 47.6 Å². The van der Waals surface area contributed by atoms with E-state index >= 15 is 0 Å². The van der Waals surface area contributed by atoms with Gasteiger partial charge >= 0.3 is 114 Å². The maximum Gasteiger partial charge on any atom is 1.00 e. The third kappa shape index (κ3) is 27.0. The maximum absolute atomic E-state index is 12.0. The monoisotopic (exact) mass is 1680 g/mol. The fourth-order valence-corrected chi connectivity index (χ4v) is 15.4. The van der Waals surface area contributed by atoms with Crippen LogP contribution < -0.4 is 42.8 Å². The molecule has 4 bridgehead atoms. The molecule has 10 atom stereocenters. The number of esters is 4. The van der Waals surface area contributed by atoms with Crippen LogP contribution >= 0.6 is 37.2 Å². The summed E-state index contributed by atoms with van der Waals surface area (Å²) in [4.78, 5) is 47.4. The fraction of sp³-hybridized carbons (Fsp3) is 0.600. The molecule has 11 rings (SSSR count). The van der Waals surface area contributed by atoms with Gasteiger partial charge in [0, 0.05) is 21.8 Å². The normalized spacial score (nSPS) is 25.7. The van der Waals surface area contributed by atoms with Gasteiger partial charge in [-0.1, -0.05) is 83.5 Å². The Bertz CT molecular complexity index is 2850. The first-order valence-corrected chi connectivity index (χ1v) is 46.8. The van der Waals surface area contributed by atoms with Gasteiger partial charge in [0.1, 0.15) is 40.1 Å². The van der Waals surface area contributed by atoms with Crippen molar-refractivity contribution in [3.63, 3.8) is 0 Å². The van der Waals surface area contributed by atoms with E-state index in [1.165, 1.54) is 84.8 Å². The second kappa shape index (κ2) is 36.5. The van der Waals surface area contributed by atoms with Gasteiger partial charge in [0.05, 0.1) is 24.0 Å². The third-order valence-corrected chi connectivity index (χ3v) is 20.2. The number of hydrogen-bond acceptors (Lipinski definition) is 18. The molecule has 0 saturated carbocycles. The summed E-state index contributed by atoms with van der Waals surface area (Å²) in [6, 6.07) is 25.0. The van der Waals surface area contributed by atoms with E-state index in [1.54, 1.807) is 21.9 Å². The Morgan fingerprint density at radius 2 is 0.897 bits per heavy atom. The number of alkyl halides is 2. The quantitative estimate of drug-likeness (QED) is 0.0480. The van der Waals surface area contributed by atoms with Crippen molar-refractivity contribution in [2.24, 2.45) is 11.8 Å². The van der Waals surface area contributed by atoms with Gasteiger partial charge in [0.25, 0.3) is 21.0 Å². The Morgan fingerprint density at radius 3 is 1.16 bits per heavy atom. The standard InChI is InChI=1S/2C15H23S.2C9H9FO5.C7H8O3S.2FHO3S.I3.Na/c2*1-15(2,3)13-7-9-14(10-8-13)16-11-5-4-6-12-16;2*10-2-5(11)14-7-4-1-3-6(13-4)8(7)15-9(3)12;1-6-2-4-7(5-3-6)11(8,9)10;2*1-5(2,3)4;1-3-2;/h2*7-10H,4-6,11-12H2,1-3H3;2*3-4,6-8H,1-2H2;2-5H,1H3,(H,8,9,10);2*(H,2,3,4);;/q2*+1;;;;;;-1;+1/p-1. The summed E-state index contributed by atoms with van der Waals surface area (Å²) in [5, 5.41) is 0. The summed E-state index contributed by atoms with van der Waals surface area (Å²) >= 11 is 5.30. The third-order valence-electron chi connectivity index (χ3n) is 14.3. The van der Waals surface area contributed by atoms with Crippen LogP contribution in [0.3, 0.4) is 0 Å². The van der Waals surface area contributed by atoms with Crippen molar-refractivity contribution < 1.29 is 146 Å². The molecule has 0 amide bonds. The molecule has 10 unspecified atom stereocenters. The minimum absolute atomic E-state index is 0. The molecule has 0 spiro atoms. The smallest absolute Gasteiger partial charge is 0.722 e. The second-order valence-electron chi connectivity index (χ2n) is 22.6. The number of fused-ring (bicyclic) bond motifs is 2. The van der Waals surface area contributed by atoms with Crippen molar-refractivity contribution in [3.8, 4) is 0 Å². The van der Waals surface area contributed by atoms with E-state index < -0.39 is 80.8 Å². The van der Waals surface area contributed by atoms with E-state index in [4.69, 9.17) is 58.9 Å². The first kappa shape index (κ1) is 80.0. The van der Waals surface area contributed by atoms with Crippen molar-refractivity contribution in [2.45, 2.75) is 174 Å². The van der Waals surface area contributed by atoms with Crippen LogP contribution in [0.1, 0.15) is 110 Å². The number of hydrogen-bond donors (Lipinski definition) is 0. The summed E-state index contributed by atoms with van der Waals surface area (Å²) in [7, 11) is -13.5. The Balaban J connectivity index is 0.000000271. The zero-order valence-corrected chi connectivity index (χ0v) is 61.7. The number of carbonyl (C=O) groups excluding carboxylic acids is 4. The fourth-order valence-electron chi connectivity index (χ4n) is 10.3. The molecule has 8 aliphatic rings. The molecule has 8 fully saturated rings. The largest absolute Gasteiger partial charge is 1.00 e. The molecule has 32 heteroatoms. The van der Waals surface area contributed by atoms with Crippen molar-refractivity contribution in [1.82, 2.24) is 0 Å². The van der Waals surface area contributed by atoms with E-state index in [1.807, 2.05) is 6.92 Å². The molecule has 8 saturated heterocycles. The molecule has 19 nitrogen and oxygen atoms in total. The van der Waals surface area contributed by atoms with Crippen molar-refractivity contribution >= 4 is 114 Å². The number of carbonyl (C=O) groups is 4. The number of halogens is 7. The van der Waals surface area contributed by atoms with Crippen LogP contribution in [0.2, 0.25) is 0 Å².